The Morgan fingerprint density at radius 1 is 1.30 bits per heavy atom. The molecule has 0 saturated carbocycles. The Hall–Kier alpha value is -1.60. The number of hydrogen-bond acceptors (Lipinski definition) is 4. The van der Waals surface area contributed by atoms with Gasteiger partial charge in [-0.25, -0.2) is 4.79 Å². The molecule has 112 valence electrons. The van der Waals surface area contributed by atoms with E-state index < -0.39 is 30.2 Å². The number of nitrogens with one attached hydrogen (secondary N) is 1. The summed E-state index contributed by atoms with van der Waals surface area (Å²) in [6.45, 7) is 1.79. The maximum Gasteiger partial charge on any atom is 0.396 e. The fourth-order valence-corrected chi connectivity index (χ4v) is 1.63. The van der Waals surface area contributed by atoms with Crippen LogP contribution in [0.2, 0.25) is 0 Å². The summed E-state index contributed by atoms with van der Waals surface area (Å²) >= 11 is 0. The van der Waals surface area contributed by atoms with E-state index in [-0.39, 0.29) is 5.56 Å². The second kappa shape index (κ2) is 6.23. The third-order valence-electron chi connectivity index (χ3n) is 3.03. The Kier molecular flexibility index (Phi) is 5.13. The molecule has 0 heterocycles. The summed E-state index contributed by atoms with van der Waals surface area (Å²) in [6, 6.07) is 7.83. The minimum absolute atomic E-state index is 0.201. The molecule has 0 aliphatic carbocycles. The lowest BCUT2D eigenvalue weighted by molar-refractivity contribution is -0.202. The number of nitrogens with two attached hydrogens (primary N) is 1. The van der Waals surface area contributed by atoms with Gasteiger partial charge in [0.25, 0.3) is 0 Å². The number of rotatable bonds is 5. The van der Waals surface area contributed by atoms with Crippen molar-refractivity contribution in [2.24, 2.45) is 11.8 Å². The van der Waals surface area contributed by atoms with Crippen molar-refractivity contribution in [2.75, 3.05) is 6.61 Å². The third-order valence-corrected chi connectivity index (χ3v) is 3.03. The van der Waals surface area contributed by atoms with Crippen molar-refractivity contribution in [3.05, 3.63) is 35.9 Å². The molecule has 0 spiro atoms. The Balaban J connectivity index is 2.76. The van der Waals surface area contributed by atoms with Crippen LogP contribution in [0.1, 0.15) is 24.2 Å². The first-order valence-corrected chi connectivity index (χ1v) is 5.95. The first-order chi connectivity index (χ1) is 9.18. The summed E-state index contributed by atoms with van der Waals surface area (Å²) < 4.78 is 43.7. The highest BCUT2D eigenvalue weighted by Gasteiger charge is 2.49. The first-order valence-electron chi connectivity index (χ1n) is 5.95. The van der Waals surface area contributed by atoms with Crippen molar-refractivity contribution in [1.29, 1.82) is 0 Å². The highest BCUT2D eigenvalue weighted by molar-refractivity contribution is 5.89. The van der Waals surface area contributed by atoms with Gasteiger partial charge in [-0.2, -0.15) is 13.2 Å². The predicted octanol–water partition coefficient (Wildman–Crippen LogP) is 2.26. The number of esters is 1. The lowest BCUT2D eigenvalue weighted by Crippen LogP contribution is -2.56. The summed E-state index contributed by atoms with van der Waals surface area (Å²) in [6.07, 6.45) is -4.53. The van der Waals surface area contributed by atoms with E-state index >= 15 is 0 Å². The van der Waals surface area contributed by atoms with Crippen molar-refractivity contribution in [1.82, 2.24) is 5.43 Å². The van der Waals surface area contributed by atoms with Crippen molar-refractivity contribution < 1.29 is 22.7 Å². The monoisotopic (exact) mass is 290 g/mol. The van der Waals surface area contributed by atoms with Gasteiger partial charge in [0.15, 0.2) is 0 Å². The molecule has 1 unspecified atom stereocenters. The standard InChI is InChI=1S/C13H17F3N2O2/c1-12(2,18-17)10(13(14,15)16)8-20-11(19)9-6-4-3-5-7-9/h3-7,10,18H,8,17H2,1-2H3. The van der Waals surface area contributed by atoms with Gasteiger partial charge in [-0.15, -0.1) is 0 Å². The molecule has 1 aromatic rings. The Morgan fingerprint density at radius 2 is 1.85 bits per heavy atom. The minimum atomic E-state index is -4.53. The van der Waals surface area contributed by atoms with E-state index in [1.54, 1.807) is 18.2 Å². The van der Waals surface area contributed by atoms with Crippen LogP contribution in [0.3, 0.4) is 0 Å². The van der Waals surface area contributed by atoms with Crippen molar-refractivity contribution >= 4 is 5.97 Å². The number of alkyl halides is 3. The average molecular weight is 290 g/mol. The zero-order valence-electron chi connectivity index (χ0n) is 11.2. The SMILES string of the molecule is CC(C)(NN)C(COC(=O)c1ccccc1)C(F)(F)F. The summed E-state index contributed by atoms with van der Waals surface area (Å²) in [5.74, 6) is 2.42. The lowest BCUT2D eigenvalue weighted by atomic mass is 9.88. The highest BCUT2D eigenvalue weighted by atomic mass is 19.4. The van der Waals surface area contributed by atoms with E-state index in [1.807, 2.05) is 0 Å². The smallest absolute Gasteiger partial charge is 0.396 e. The predicted molar refractivity (Wildman–Crippen MR) is 67.7 cm³/mol. The molecule has 0 radical (unpaired) electrons. The fraction of sp³-hybridized carbons (Fsp3) is 0.462. The second-order valence-corrected chi connectivity index (χ2v) is 4.92. The van der Waals surface area contributed by atoms with E-state index in [1.165, 1.54) is 26.0 Å². The number of ether oxygens (including phenoxy) is 1. The van der Waals surface area contributed by atoms with E-state index in [9.17, 15) is 18.0 Å². The zero-order valence-corrected chi connectivity index (χ0v) is 11.2. The van der Waals surface area contributed by atoms with Crippen molar-refractivity contribution in [2.45, 2.75) is 25.6 Å². The molecular weight excluding hydrogens is 273 g/mol. The van der Waals surface area contributed by atoms with Gasteiger partial charge in [-0.1, -0.05) is 18.2 Å². The molecule has 7 heteroatoms. The summed E-state index contributed by atoms with van der Waals surface area (Å²) in [5.41, 5.74) is 0.852. The molecule has 3 N–H and O–H groups in total. The molecule has 0 bridgehead atoms. The number of hydrogen-bond donors (Lipinski definition) is 2. The molecule has 1 aromatic carbocycles. The summed E-state index contributed by atoms with van der Waals surface area (Å²) in [5, 5.41) is 0. The molecule has 0 fully saturated rings. The largest absolute Gasteiger partial charge is 0.461 e. The summed E-state index contributed by atoms with van der Waals surface area (Å²) in [4.78, 5) is 11.7. The maximum absolute atomic E-state index is 13.0. The molecule has 1 atom stereocenters. The number of benzene rings is 1. The van der Waals surface area contributed by atoms with E-state index in [2.05, 4.69) is 5.43 Å². The number of halogens is 3. The van der Waals surface area contributed by atoms with Gasteiger partial charge < -0.3 is 4.74 Å². The Labute approximate surface area is 115 Å². The van der Waals surface area contributed by atoms with Crippen LogP contribution in [0.4, 0.5) is 13.2 Å². The third kappa shape index (κ3) is 4.21. The van der Waals surface area contributed by atoms with E-state index in [4.69, 9.17) is 10.6 Å². The molecule has 1 rings (SSSR count). The number of carbonyl (C=O) groups is 1. The zero-order chi connectivity index (χ0) is 15.4. The van der Waals surface area contributed by atoms with Gasteiger partial charge in [0, 0.05) is 5.54 Å². The Morgan fingerprint density at radius 3 is 2.30 bits per heavy atom. The van der Waals surface area contributed by atoms with Crippen LogP contribution in [-0.4, -0.2) is 24.3 Å². The lowest BCUT2D eigenvalue weighted by Gasteiger charge is -2.34. The molecule has 0 aliphatic heterocycles. The van der Waals surface area contributed by atoms with Gasteiger partial charge in [0.05, 0.1) is 5.56 Å². The first kappa shape index (κ1) is 16.5. The van der Waals surface area contributed by atoms with Gasteiger partial charge in [0.1, 0.15) is 12.5 Å². The van der Waals surface area contributed by atoms with E-state index in [0.29, 0.717) is 0 Å². The van der Waals surface area contributed by atoms with Gasteiger partial charge in [-0.3, -0.25) is 11.3 Å². The highest BCUT2D eigenvalue weighted by Crippen LogP contribution is 2.34. The average Bonchev–Trinajstić information content (AvgIpc) is 2.38. The van der Waals surface area contributed by atoms with Crippen molar-refractivity contribution in [3.8, 4) is 0 Å². The topological polar surface area (TPSA) is 64.3 Å². The molecule has 0 aromatic heterocycles. The van der Waals surface area contributed by atoms with Gasteiger partial charge in [-0.05, 0) is 26.0 Å². The molecular formula is C13H17F3N2O2. The van der Waals surface area contributed by atoms with Crippen LogP contribution < -0.4 is 11.3 Å². The summed E-state index contributed by atoms with van der Waals surface area (Å²) in [7, 11) is 0. The molecule has 4 nitrogen and oxygen atoms in total. The van der Waals surface area contributed by atoms with Crippen LogP contribution in [-0.2, 0) is 4.74 Å². The van der Waals surface area contributed by atoms with Crippen LogP contribution in [0, 0.1) is 5.92 Å². The quantitative estimate of drug-likeness (QED) is 0.496. The Bertz CT molecular complexity index is 447. The molecule has 0 amide bonds. The maximum atomic E-state index is 13.0. The van der Waals surface area contributed by atoms with Crippen LogP contribution in [0.5, 0.6) is 0 Å². The molecule has 0 saturated heterocycles. The normalized spacial score (nSPS) is 13.9. The number of carbonyl (C=O) groups excluding carboxylic acids is 1. The van der Waals surface area contributed by atoms with Crippen LogP contribution >= 0.6 is 0 Å². The van der Waals surface area contributed by atoms with E-state index in [0.717, 1.165) is 0 Å². The van der Waals surface area contributed by atoms with Crippen molar-refractivity contribution in [3.63, 3.8) is 0 Å². The van der Waals surface area contributed by atoms with Crippen LogP contribution in [0.15, 0.2) is 30.3 Å². The second-order valence-electron chi connectivity index (χ2n) is 4.92. The van der Waals surface area contributed by atoms with Crippen LogP contribution in [0.25, 0.3) is 0 Å². The van der Waals surface area contributed by atoms with Gasteiger partial charge >= 0.3 is 12.1 Å². The number of hydrazine groups is 1. The molecule has 20 heavy (non-hydrogen) atoms. The molecule has 0 aliphatic rings. The fourth-order valence-electron chi connectivity index (χ4n) is 1.63. The van der Waals surface area contributed by atoms with Gasteiger partial charge in [0.2, 0.25) is 0 Å². The minimum Gasteiger partial charge on any atom is -0.461 e.